The van der Waals surface area contributed by atoms with E-state index < -0.39 is 0 Å². The third-order valence-electron chi connectivity index (χ3n) is 11.7. The van der Waals surface area contributed by atoms with Crippen LogP contribution in [0.5, 0.6) is 0 Å². The zero-order valence-corrected chi connectivity index (χ0v) is 31.8. The first kappa shape index (κ1) is 33.2. The molecule has 0 fully saturated rings. The molecule has 0 bridgehead atoms. The van der Waals surface area contributed by atoms with E-state index in [1.807, 2.05) is 48.5 Å². The fourth-order valence-corrected chi connectivity index (χ4v) is 8.82. The number of furan rings is 1. The molecule has 0 N–H and O–H groups in total. The Morgan fingerprint density at radius 2 is 0.797 bits per heavy atom. The van der Waals surface area contributed by atoms with Crippen LogP contribution >= 0.6 is 0 Å². The van der Waals surface area contributed by atoms with E-state index in [4.69, 9.17) is 19.4 Å². The molecule has 274 valence electrons. The highest BCUT2D eigenvalue weighted by molar-refractivity contribution is 6.26. The monoisotopic (exact) mass is 751 g/mol. The third kappa shape index (κ3) is 5.49. The smallest absolute Gasteiger partial charge is 0.162 e. The molecule has 0 unspecified atom stereocenters. The lowest BCUT2D eigenvalue weighted by Gasteiger charge is -2.13. The lowest BCUT2D eigenvalue weighted by atomic mass is 9.92. The molecular formula is C55H33N3O. The van der Waals surface area contributed by atoms with E-state index >= 15 is 0 Å². The van der Waals surface area contributed by atoms with Crippen molar-refractivity contribution in [3.8, 4) is 56.3 Å². The van der Waals surface area contributed by atoms with Crippen molar-refractivity contribution in [2.24, 2.45) is 0 Å². The van der Waals surface area contributed by atoms with Crippen molar-refractivity contribution in [3.05, 3.63) is 200 Å². The van der Waals surface area contributed by atoms with Crippen LogP contribution in [0.3, 0.4) is 0 Å². The van der Waals surface area contributed by atoms with E-state index in [1.54, 1.807) is 0 Å². The molecule has 0 saturated heterocycles. The van der Waals surface area contributed by atoms with Gasteiger partial charge in [0.15, 0.2) is 11.4 Å². The maximum Gasteiger partial charge on any atom is 0.162 e. The Hall–Kier alpha value is -7.95. The number of fused-ring (bicyclic) bond motifs is 11. The first-order chi connectivity index (χ1) is 29.2. The van der Waals surface area contributed by atoms with Gasteiger partial charge in [-0.2, -0.15) is 0 Å². The number of para-hydroxylation sites is 1. The minimum absolute atomic E-state index is 0.702. The summed E-state index contributed by atoms with van der Waals surface area (Å²) >= 11 is 0. The SMILES string of the molecule is c1ccc(-c2cc(-c3ccc(-c4ccc5c(c4)nc(-c4ccc6c7ccccc7c7ccccc7c6c4)c4oc6ccccc6c45)cc3)nc(-c3ccccc3)n2)cc1. The molecule has 0 radical (unpaired) electrons. The van der Waals surface area contributed by atoms with E-state index in [1.165, 1.54) is 32.3 Å². The molecule has 0 saturated carbocycles. The van der Waals surface area contributed by atoms with Gasteiger partial charge in [-0.3, -0.25) is 0 Å². The van der Waals surface area contributed by atoms with Crippen molar-refractivity contribution in [1.29, 1.82) is 0 Å². The lowest BCUT2D eigenvalue weighted by Crippen LogP contribution is -1.95. The van der Waals surface area contributed by atoms with Crippen LogP contribution in [-0.2, 0) is 0 Å². The molecule has 12 aromatic rings. The van der Waals surface area contributed by atoms with Crippen molar-refractivity contribution in [1.82, 2.24) is 15.0 Å². The van der Waals surface area contributed by atoms with Gasteiger partial charge in [0.1, 0.15) is 11.3 Å². The fraction of sp³-hybridized carbons (Fsp3) is 0. The van der Waals surface area contributed by atoms with Gasteiger partial charge in [-0.25, -0.2) is 15.0 Å². The molecule has 4 nitrogen and oxygen atoms in total. The van der Waals surface area contributed by atoms with Crippen LogP contribution in [0.15, 0.2) is 205 Å². The van der Waals surface area contributed by atoms with Gasteiger partial charge in [-0.05, 0) is 67.7 Å². The number of nitrogens with zero attached hydrogens (tertiary/aromatic N) is 3. The summed E-state index contributed by atoms with van der Waals surface area (Å²) in [4.78, 5) is 15.5. The van der Waals surface area contributed by atoms with Crippen LogP contribution in [0.25, 0.3) is 121 Å². The van der Waals surface area contributed by atoms with Crippen molar-refractivity contribution in [3.63, 3.8) is 0 Å². The molecule has 4 heteroatoms. The first-order valence-corrected chi connectivity index (χ1v) is 19.9. The summed E-state index contributed by atoms with van der Waals surface area (Å²) in [6, 6.07) is 70.2. The molecule has 3 heterocycles. The number of benzene rings is 9. The quantitative estimate of drug-likeness (QED) is 0.164. The molecule has 9 aromatic carbocycles. The van der Waals surface area contributed by atoms with Crippen LogP contribution in [0, 0.1) is 0 Å². The number of aromatic nitrogens is 3. The predicted molar refractivity (Wildman–Crippen MR) is 244 cm³/mol. The number of hydrogen-bond acceptors (Lipinski definition) is 4. The van der Waals surface area contributed by atoms with Crippen molar-refractivity contribution in [2.75, 3.05) is 0 Å². The summed E-state index contributed by atoms with van der Waals surface area (Å²) in [5, 5.41) is 10.6. The van der Waals surface area contributed by atoms with Gasteiger partial charge >= 0.3 is 0 Å². The van der Waals surface area contributed by atoms with Gasteiger partial charge in [0.05, 0.1) is 16.9 Å². The molecule has 0 aliphatic rings. The third-order valence-corrected chi connectivity index (χ3v) is 11.7. The second-order valence-electron chi connectivity index (χ2n) is 15.1. The van der Waals surface area contributed by atoms with Gasteiger partial charge in [-0.1, -0.05) is 176 Å². The second kappa shape index (κ2) is 13.3. The highest BCUT2D eigenvalue weighted by Gasteiger charge is 2.20. The zero-order valence-electron chi connectivity index (χ0n) is 31.8. The van der Waals surface area contributed by atoms with Gasteiger partial charge in [0.25, 0.3) is 0 Å². The Morgan fingerprint density at radius 3 is 1.47 bits per heavy atom. The van der Waals surface area contributed by atoms with Crippen molar-refractivity contribution in [2.45, 2.75) is 0 Å². The Kier molecular flexibility index (Phi) is 7.50. The van der Waals surface area contributed by atoms with Gasteiger partial charge < -0.3 is 4.42 Å². The van der Waals surface area contributed by atoms with E-state index in [2.05, 4.69) is 152 Å². The Balaban J connectivity index is 1.00. The Morgan fingerprint density at radius 1 is 0.305 bits per heavy atom. The summed E-state index contributed by atoms with van der Waals surface area (Å²) in [5.74, 6) is 0.702. The van der Waals surface area contributed by atoms with Crippen LogP contribution in [0.2, 0.25) is 0 Å². The topological polar surface area (TPSA) is 51.8 Å². The number of pyridine rings is 1. The molecule has 0 aliphatic heterocycles. The fourth-order valence-electron chi connectivity index (χ4n) is 8.82. The minimum atomic E-state index is 0.702. The average Bonchev–Trinajstić information content (AvgIpc) is 3.72. The Labute approximate surface area is 339 Å². The highest BCUT2D eigenvalue weighted by Crippen LogP contribution is 2.43. The summed E-state index contributed by atoms with van der Waals surface area (Å²) in [6.45, 7) is 0. The average molecular weight is 752 g/mol. The van der Waals surface area contributed by atoms with Crippen LogP contribution < -0.4 is 0 Å². The first-order valence-electron chi connectivity index (χ1n) is 19.9. The van der Waals surface area contributed by atoms with Crippen molar-refractivity contribution >= 4 is 65.2 Å². The maximum atomic E-state index is 6.69. The maximum absolute atomic E-state index is 6.69. The van der Waals surface area contributed by atoms with Crippen molar-refractivity contribution < 1.29 is 4.42 Å². The predicted octanol–water partition coefficient (Wildman–Crippen LogP) is 14.7. The zero-order chi connectivity index (χ0) is 38.9. The molecule has 59 heavy (non-hydrogen) atoms. The molecule has 3 aromatic heterocycles. The summed E-state index contributed by atoms with van der Waals surface area (Å²) in [5.41, 5.74) is 11.4. The van der Waals surface area contributed by atoms with Gasteiger partial charge in [0, 0.05) is 38.4 Å². The van der Waals surface area contributed by atoms with E-state index in [-0.39, 0.29) is 0 Å². The summed E-state index contributed by atoms with van der Waals surface area (Å²) in [7, 11) is 0. The normalized spacial score (nSPS) is 11.7. The lowest BCUT2D eigenvalue weighted by molar-refractivity contribution is 0.669. The molecule has 12 rings (SSSR count). The summed E-state index contributed by atoms with van der Waals surface area (Å²) < 4.78 is 6.69. The molecule has 0 atom stereocenters. The van der Waals surface area contributed by atoms with E-state index in [9.17, 15) is 0 Å². The minimum Gasteiger partial charge on any atom is -0.454 e. The standard InChI is InChI=1S/C55H33N3O/c1-3-13-35(14-4-1)48-33-49(58-55(57-48)37-15-5-2-6-16-37)36-25-23-34(24-26-36)38-27-30-45-50(32-38)56-53(54-52(45)46-21-11-12-22-51(46)59-54)39-28-29-44-42-19-8-7-17-40(42)41-18-9-10-20-43(41)47(44)31-39/h1-33H. The highest BCUT2D eigenvalue weighted by atomic mass is 16.3. The molecule has 0 spiro atoms. The molecular weight excluding hydrogens is 719 g/mol. The van der Waals surface area contributed by atoms with Crippen LogP contribution in [0.4, 0.5) is 0 Å². The van der Waals surface area contributed by atoms with E-state index in [0.717, 1.165) is 83.3 Å². The number of rotatable bonds is 5. The van der Waals surface area contributed by atoms with Gasteiger partial charge in [0.2, 0.25) is 0 Å². The molecule has 0 aliphatic carbocycles. The van der Waals surface area contributed by atoms with E-state index in [0.29, 0.717) is 5.82 Å². The second-order valence-corrected chi connectivity index (χ2v) is 15.1. The largest absolute Gasteiger partial charge is 0.454 e. The van der Waals surface area contributed by atoms with Gasteiger partial charge in [-0.15, -0.1) is 0 Å². The Bertz CT molecular complexity index is 3500. The van der Waals surface area contributed by atoms with Crippen LogP contribution in [0.1, 0.15) is 0 Å². The summed E-state index contributed by atoms with van der Waals surface area (Å²) in [6.07, 6.45) is 0. The molecule has 0 amide bonds. The van der Waals surface area contributed by atoms with Crippen LogP contribution in [-0.4, -0.2) is 15.0 Å². The number of hydrogen-bond donors (Lipinski definition) is 0.